The number of unbranched alkanes of at least 4 members (excludes halogenated alkanes) is 1. The fraction of sp³-hybridized carbons (Fsp3) is 0.600. The van der Waals surface area contributed by atoms with Crippen molar-refractivity contribution in [1.29, 1.82) is 0 Å². The van der Waals surface area contributed by atoms with E-state index in [-0.39, 0.29) is 0 Å². The molecule has 0 heterocycles. The Morgan fingerprint density at radius 2 is 1.73 bits per heavy atom. The van der Waals surface area contributed by atoms with Crippen molar-refractivity contribution in [3.05, 3.63) is 24.6 Å². The molecular formula is C10H20Si. The third-order valence-electron chi connectivity index (χ3n) is 2.47. The van der Waals surface area contributed by atoms with Crippen molar-refractivity contribution in [2.45, 2.75) is 38.8 Å². The highest BCUT2D eigenvalue weighted by Crippen LogP contribution is 2.20. The summed E-state index contributed by atoms with van der Waals surface area (Å²) in [5.74, 6) is 0. The molecular weight excluding hydrogens is 148 g/mol. The van der Waals surface area contributed by atoms with Gasteiger partial charge in [0.1, 0.15) is 8.07 Å². The van der Waals surface area contributed by atoms with E-state index >= 15 is 0 Å². The van der Waals surface area contributed by atoms with Crippen LogP contribution in [0.1, 0.15) is 26.7 Å². The van der Waals surface area contributed by atoms with E-state index < -0.39 is 8.07 Å². The van der Waals surface area contributed by atoms with Crippen LogP contribution in [0.25, 0.3) is 0 Å². The average Bonchev–Trinajstić information content (AvgIpc) is 2.08. The van der Waals surface area contributed by atoms with Crippen molar-refractivity contribution in [2.75, 3.05) is 0 Å². The van der Waals surface area contributed by atoms with Gasteiger partial charge in [-0.3, -0.25) is 0 Å². The van der Waals surface area contributed by atoms with E-state index in [1.54, 1.807) is 0 Å². The van der Waals surface area contributed by atoms with Gasteiger partial charge in [-0.25, -0.2) is 0 Å². The molecule has 0 nitrogen and oxygen atoms in total. The Morgan fingerprint density at radius 1 is 1.18 bits per heavy atom. The number of hydrogen-bond acceptors (Lipinski definition) is 0. The number of rotatable bonds is 6. The molecule has 1 heteroatoms. The molecule has 0 aromatic carbocycles. The van der Waals surface area contributed by atoms with E-state index in [9.17, 15) is 0 Å². The van der Waals surface area contributed by atoms with Crippen LogP contribution in [0.4, 0.5) is 0 Å². The van der Waals surface area contributed by atoms with Crippen molar-refractivity contribution in [2.24, 2.45) is 0 Å². The van der Waals surface area contributed by atoms with E-state index in [0.29, 0.717) is 0 Å². The fourth-order valence-corrected chi connectivity index (χ4v) is 3.78. The van der Waals surface area contributed by atoms with Crippen LogP contribution in [0, 0.1) is 0 Å². The smallest absolute Gasteiger partial charge is 0.100 e. The molecule has 11 heavy (non-hydrogen) atoms. The highest BCUT2D eigenvalue weighted by molar-refractivity contribution is 6.88. The molecule has 0 bridgehead atoms. The lowest BCUT2D eigenvalue weighted by Gasteiger charge is -2.21. The second kappa shape index (κ2) is 5.36. The normalized spacial score (nSPS) is 11.1. The lowest BCUT2D eigenvalue weighted by atomic mass is 10.4. The average molecular weight is 168 g/mol. The van der Waals surface area contributed by atoms with Crippen molar-refractivity contribution in [3.8, 4) is 0 Å². The van der Waals surface area contributed by atoms with Crippen molar-refractivity contribution >= 4 is 8.07 Å². The van der Waals surface area contributed by atoms with Crippen LogP contribution < -0.4 is 0 Å². The van der Waals surface area contributed by atoms with E-state index in [2.05, 4.69) is 38.4 Å². The molecule has 0 atom stereocenters. The minimum Gasteiger partial charge on any atom is -0.107 e. The first-order chi connectivity index (χ1) is 5.24. The minimum absolute atomic E-state index is 1.21. The predicted octanol–water partition coefficient (Wildman–Crippen LogP) is 3.71. The van der Waals surface area contributed by atoms with Gasteiger partial charge < -0.3 is 0 Å². The van der Waals surface area contributed by atoms with Gasteiger partial charge in [-0.05, 0) is 0 Å². The molecule has 0 saturated carbocycles. The third kappa shape index (κ3) is 3.06. The van der Waals surface area contributed by atoms with Crippen LogP contribution in [0.15, 0.2) is 24.6 Å². The molecule has 0 radical (unpaired) electrons. The highest BCUT2D eigenvalue weighted by Gasteiger charge is 2.21. The molecule has 0 aliphatic rings. The second-order valence-electron chi connectivity index (χ2n) is 3.10. The molecule has 0 amide bonds. The zero-order valence-electron chi connectivity index (χ0n) is 7.90. The Hall–Kier alpha value is -0.303. The molecule has 0 aromatic rings. The first-order valence-corrected chi connectivity index (χ1v) is 7.08. The van der Waals surface area contributed by atoms with Gasteiger partial charge >= 0.3 is 0 Å². The maximum Gasteiger partial charge on any atom is 0.100 e. The summed E-state index contributed by atoms with van der Waals surface area (Å²) in [5.41, 5.74) is 4.35. The molecule has 0 spiro atoms. The third-order valence-corrected chi connectivity index (χ3v) is 6.69. The quantitative estimate of drug-likeness (QED) is 0.530. The molecule has 64 valence electrons. The topological polar surface area (TPSA) is 0 Å². The van der Waals surface area contributed by atoms with Gasteiger partial charge in [0, 0.05) is 0 Å². The van der Waals surface area contributed by atoms with Crippen LogP contribution in [-0.4, -0.2) is 8.07 Å². The molecule has 0 saturated heterocycles. The van der Waals surface area contributed by atoms with E-state index in [1.165, 1.54) is 24.9 Å². The van der Waals surface area contributed by atoms with Gasteiger partial charge in [-0.15, -0.1) is 13.2 Å². The summed E-state index contributed by atoms with van der Waals surface area (Å²) in [6.07, 6.45) is 2.62. The zero-order chi connectivity index (χ0) is 8.74. The lowest BCUT2D eigenvalue weighted by Crippen LogP contribution is -2.27. The maximum absolute atomic E-state index is 3.92. The van der Waals surface area contributed by atoms with Crippen LogP contribution in [0.2, 0.25) is 12.1 Å². The van der Waals surface area contributed by atoms with Gasteiger partial charge in [-0.1, -0.05) is 50.2 Å². The second-order valence-corrected chi connectivity index (χ2v) is 7.59. The summed E-state index contributed by atoms with van der Waals surface area (Å²) in [5, 5.41) is 0. The Bertz CT molecular complexity index is 119. The fourth-order valence-electron chi connectivity index (χ4n) is 1.26. The summed E-state index contributed by atoms with van der Waals surface area (Å²) in [6, 6.07) is 2.60. The minimum atomic E-state index is -1.21. The molecule has 0 N–H and O–H groups in total. The van der Waals surface area contributed by atoms with Crippen molar-refractivity contribution in [1.82, 2.24) is 0 Å². The first-order valence-electron chi connectivity index (χ1n) is 4.52. The molecule has 0 aliphatic carbocycles. The van der Waals surface area contributed by atoms with Crippen molar-refractivity contribution < 1.29 is 0 Å². The zero-order valence-corrected chi connectivity index (χ0v) is 8.90. The standard InChI is InChI=1S/C10H20Si/c1-5-9-10-11(6-2,7-3)8-4/h6-7H,2-3,5,8-10H2,1,4H3. The molecule has 0 fully saturated rings. The Kier molecular flexibility index (Phi) is 5.21. The molecule has 0 rings (SSSR count). The highest BCUT2D eigenvalue weighted by atomic mass is 28.3. The SMILES string of the molecule is C=C[Si](C=C)(CC)CCCC. The van der Waals surface area contributed by atoms with Gasteiger partial charge in [0.2, 0.25) is 0 Å². The van der Waals surface area contributed by atoms with Gasteiger partial charge in [0.05, 0.1) is 0 Å². The van der Waals surface area contributed by atoms with Gasteiger partial charge in [0.25, 0.3) is 0 Å². The van der Waals surface area contributed by atoms with Crippen molar-refractivity contribution in [3.63, 3.8) is 0 Å². The van der Waals surface area contributed by atoms with E-state index in [0.717, 1.165) is 0 Å². The maximum atomic E-state index is 3.92. The molecule has 0 aliphatic heterocycles. The van der Waals surface area contributed by atoms with Crippen LogP contribution in [0.5, 0.6) is 0 Å². The van der Waals surface area contributed by atoms with E-state index in [4.69, 9.17) is 0 Å². The lowest BCUT2D eigenvalue weighted by molar-refractivity contribution is 0.868. The summed E-state index contributed by atoms with van der Waals surface area (Å²) in [4.78, 5) is 0. The molecule has 0 aromatic heterocycles. The predicted molar refractivity (Wildman–Crippen MR) is 56.3 cm³/mol. The van der Waals surface area contributed by atoms with Crippen LogP contribution in [0.3, 0.4) is 0 Å². The number of hydrogen-bond donors (Lipinski definition) is 0. The summed E-state index contributed by atoms with van der Waals surface area (Å²) in [6.45, 7) is 12.3. The van der Waals surface area contributed by atoms with Crippen LogP contribution >= 0.6 is 0 Å². The Balaban J connectivity index is 4.05. The Labute approximate surface area is 72.0 Å². The first kappa shape index (κ1) is 10.7. The molecule has 0 unspecified atom stereocenters. The van der Waals surface area contributed by atoms with E-state index in [1.807, 2.05) is 0 Å². The van der Waals surface area contributed by atoms with Crippen LogP contribution in [-0.2, 0) is 0 Å². The summed E-state index contributed by atoms with van der Waals surface area (Å²) < 4.78 is 0. The van der Waals surface area contributed by atoms with Gasteiger partial charge in [-0.2, -0.15) is 0 Å². The largest absolute Gasteiger partial charge is 0.107 e. The van der Waals surface area contributed by atoms with Gasteiger partial charge in [0.15, 0.2) is 0 Å². The summed E-state index contributed by atoms with van der Waals surface area (Å²) in [7, 11) is -1.21. The summed E-state index contributed by atoms with van der Waals surface area (Å²) >= 11 is 0. The Morgan fingerprint density at radius 3 is 2.00 bits per heavy atom. The monoisotopic (exact) mass is 168 g/mol.